The number of carbonyl (C=O) groups excluding carboxylic acids is 2. The average molecular weight is 434 g/mol. The van der Waals surface area contributed by atoms with Gasteiger partial charge in [0.05, 0.1) is 17.6 Å². The van der Waals surface area contributed by atoms with Gasteiger partial charge in [0.25, 0.3) is 0 Å². The molecule has 3 aromatic rings. The third kappa shape index (κ3) is 4.18. The summed E-state index contributed by atoms with van der Waals surface area (Å²) in [6.07, 6.45) is 3.22. The van der Waals surface area contributed by atoms with Crippen molar-refractivity contribution < 1.29 is 9.59 Å². The molecule has 0 saturated carbocycles. The van der Waals surface area contributed by atoms with E-state index in [1.807, 2.05) is 23.1 Å². The van der Waals surface area contributed by atoms with Crippen molar-refractivity contribution in [3.63, 3.8) is 0 Å². The number of aromatic amines is 2. The summed E-state index contributed by atoms with van der Waals surface area (Å²) in [5.41, 5.74) is 2.88. The van der Waals surface area contributed by atoms with Gasteiger partial charge in [-0.1, -0.05) is 30.3 Å². The third-order valence-corrected chi connectivity index (χ3v) is 6.58. The van der Waals surface area contributed by atoms with Crippen LogP contribution in [-0.2, 0) is 16.1 Å². The molecule has 2 saturated heterocycles. The molecule has 2 aromatic carbocycles. The summed E-state index contributed by atoms with van der Waals surface area (Å²) >= 11 is 0. The Kier molecular flexibility index (Phi) is 5.53. The number of benzene rings is 2. The van der Waals surface area contributed by atoms with Crippen molar-refractivity contribution in [2.45, 2.75) is 44.3 Å². The number of hydrogen-bond donors (Lipinski definition) is 3. The molecule has 32 heavy (non-hydrogen) atoms. The standard InChI is InChI=1S/C24H27N5O3/c30-22(25-17-9-10-18-19(13-17)27-24(32)26-18)15-28-12-11-21-20(28)7-4-8-23(31)29(21)14-16-5-2-1-3-6-16/h1-3,5-6,9-10,13,20-21H,4,7-8,11-12,14-15H2,(H,25,30)(H2,26,27,32)/t20-,21-/m0/s1. The number of rotatable bonds is 5. The molecular formula is C24H27N5O3. The van der Waals surface area contributed by atoms with Crippen LogP contribution in [-0.4, -0.2) is 56.8 Å². The molecule has 2 fully saturated rings. The lowest BCUT2D eigenvalue weighted by Crippen LogP contribution is -2.47. The number of amides is 2. The maximum atomic E-state index is 12.8. The fourth-order valence-electron chi connectivity index (χ4n) is 5.11. The number of aromatic nitrogens is 2. The Bertz CT molecular complexity index is 1190. The Hall–Kier alpha value is -3.39. The van der Waals surface area contributed by atoms with Crippen LogP contribution in [0.1, 0.15) is 31.2 Å². The molecule has 8 heteroatoms. The summed E-state index contributed by atoms with van der Waals surface area (Å²) in [6.45, 7) is 1.71. The normalized spacial score (nSPS) is 21.5. The molecule has 0 unspecified atom stereocenters. The van der Waals surface area contributed by atoms with Crippen LogP contribution in [0.15, 0.2) is 53.3 Å². The van der Waals surface area contributed by atoms with E-state index in [9.17, 15) is 14.4 Å². The SMILES string of the molecule is O=C(CN1CC[C@H]2[C@@H]1CCCC(=O)N2Cc1ccccc1)Nc1ccc2[nH]c(=O)[nH]c2c1. The van der Waals surface area contributed by atoms with Gasteiger partial charge in [0, 0.05) is 37.3 Å². The highest BCUT2D eigenvalue weighted by Gasteiger charge is 2.41. The zero-order valence-electron chi connectivity index (χ0n) is 17.8. The summed E-state index contributed by atoms with van der Waals surface area (Å²) < 4.78 is 0. The van der Waals surface area contributed by atoms with Crippen LogP contribution in [0.2, 0.25) is 0 Å². The van der Waals surface area contributed by atoms with Crippen molar-refractivity contribution in [1.82, 2.24) is 19.8 Å². The summed E-state index contributed by atoms with van der Waals surface area (Å²) in [4.78, 5) is 46.7. The van der Waals surface area contributed by atoms with Crippen molar-refractivity contribution in [3.8, 4) is 0 Å². The minimum absolute atomic E-state index is 0.0898. The topological polar surface area (TPSA) is 101 Å². The van der Waals surface area contributed by atoms with E-state index in [4.69, 9.17) is 0 Å². The Balaban J connectivity index is 1.26. The molecular weight excluding hydrogens is 406 g/mol. The molecule has 166 valence electrons. The Morgan fingerprint density at radius 1 is 1.00 bits per heavy atom. The molecule has 3 N–H and O–H groups in total. The van der Waals surface area contributed by atoms with Crippen molar-refractivity contribution in [1.29, 1.82) is 0 Å². The Morgan fingerprint density at radius 3 is 2.66 bits per heavy atom. The first-order valence-corrected chi connectivity index (χ1v) is 11.2. The Labute approximate surface area is 185 Å². The van der Waals surface area contributed by atoms with Crippen molar-refractivity contribution in [2.24, 2.45) is 0 Å². The number of nitrogens with zero attached hydrogens (tertiary/aromatic N) is 2. The number of fused-ring (bicyclic) bond motifs is 2. The number of likely N-dealkylation sites (tertiary alicyclic amines) is 2. The van der Waals surface area contributed by atoms with E-state index >= 15 is 0 Å². The zero-order valence-corrected chi connectivity index (χ0v) is 17.8. The molecule has 2 aliphatic rings. The first-order valence-electron chi connectivity index (χ1n) is 11.2. The molecule has 1 aromatic heterocycles. The van der Waals surface area contributed by atoms with Gasteiger partial charge in [0.15, 0.2) is 0 Å². The number of H-pyrrole nitrogens is 2. The highest BCUT2D eigenvalue weighted by Crippen LogP contribution is 2.31. The van der Waals surface area contributed by atoms with E-state index in [0.717, 1.165) is 31.4 Å². The highest BCUT2D eigenvalue weighted by atomic mass is 16.2. The van der Waals surface area contributed by atoms with Crippen LogP contribution >= 0.6 is 0 Å². The quantitative estimate of drug-likeness (QED) is 0.575. The Morgan fingerprint density at radius 2 is 1.81 bits per heavy atom. The minimum atomic E-state index is -0.269. The molecule has 0 radical (unpaired) electrons. The number of hydrogen-bond acceptors (Lipinski definition) is 4. The van der Waals surface area contributed by atoms with Crippen LogP contribution in [0.3, 0.4) is 0 Å². The summed E-state index contributed by atoms with van der Waals surface area (Å²) in [5, 5.41) is 2.94. The lowest BCUT2D eigenvalue weighted by atomic mass is 10.0. The highest BCUT2D eigenvalue weighted by molar-refractivity contribution is 5.94. The molecule has 2 amide bonds. The molecule has 0 spiro atoms. The van der Waals surface area contributed by atoms with Crippen LogP contribution in [0.25, 0.3) is 11.0 Å². The van der Waals surface area contributed by atoms with E-state index in [-0.39, 0.29) is 36.1 Å². The second kappa shape index (κ2) is 8.63. The van der Waals surface area contributed by atoms with Crippen molar-refractivity contribution in [2.75, 3.05) is 18.4 Å². The molecule has 2 aliphatic heterocycles. The van der Waals surface area contributed by atoms with Gasteiger partial charge < -0.3 is 20.2 Å². The first-order chi connectivity index (χ1) is 15.6. The molecule has 3 heterocycles. The van der Waals surface area contributed by atoms with E-state index < -0.39 is 0 Å². The van der Waals surface area contributed by atoms with Crippen LogP contribution in [0.4, 0.5) is 5.69 Å². The zero-order chi connectivity index (χ0) is 22.1. The second-order valence-electron chi connectivity index (χ2n) is 8.68. The van der Waals surface area contributed by atoms with E-state index in [1.165, 1.54) is 0 Å². The number of carbonyl (C=O) groups is 2. The third-order valence-electron chi connectivity index (χ3n) is 6.58. The molecule has 8 nitrogen and oxygen atoms in total. The van der Waals surface area contributed by atoms with E-state index in [2.05, 4.69) is 32.3 Å². The van der Waals surface area contributed by atoms with Crippen molar-refractivity contribution >= 4 is 28.5 Å². The summed E-state index contributed by atoms with van der Waals surface area (Å²) in [5.74, 6) is 0.120. The fourth-order valence-corrected chi connectivity index (χ4v) is 5.11. The largest absolute Gasteiger partial charge is 0.334 e. The van der Waals surface area contributed by atoms with Gasteiger partial charge in [-0.05, 0) is 43.0 Å². The fraction of sp³-hybridized carbons (Fsp3) is 0.375. The van der Waals surface area contributed by atoms with E-state index in [1.54, 1.807) is 18.2 Å². The monoisotopic (exact) mass is 433 g/mol. The minimum Gasteiger partial charge on any atom is -0.334 e. The lowest BCUT2D eigenvalue weighted by Gasteiger charge is -2.33. The first kappa shape index (κ1) is 20.5. The van der Waals surface area contributed by atoms with Gasteiger partial charge in [0.1, 0.15) is 0 Å². The van der Waals surface area contributed by atoms with Gasteiger partial charge >= 0.3 is 5.69 Å². The van der Waals surface area contributed by atoms with Crippen LogP contribution in [0, 0.1) is 0 Å². The summed E-state index contributed by atoms with van der Waals surface area (Å²) in [6, 6.07) is 15.7. The molecule has 2 atom stereocenters. The number of anilines is 1. The van der Waals surface area contributed by atoms with Crippen LogP contribution in [0.5, 0.6) is 0 Å². The predicted octanol–water partition coefficient (Wildman–Crippen LogP) is 2.45. The van der Waals surface area contributed by atoms with Crippen LogP contribution < -0.4 is 11.0 Å². The van der Waals surface area contributed by atoms with Gasteiger partial charge in [-0.25, -0.2) is 4.79 Å². The maximum absolute atomic E-state index is 12.8. The number of nitrogens with one attached hydrogen (secondary N) is 3. The average Bonchev–Trinajstić information content (AvgIpc) is 3.30. The second-order valence-corrected chi connectivity index (χ2v) is 8.68. The van der Waals surface area contributed by atoms with E-state index in [0.29, 0.717) is 29.7 Å². The summed E-state index contributed by atoms with van der Waals surface area (Å²) in [7, 11) is 0. The van der Waals surface area contributed by atoms with Gasteiger partial charge in [-0.15, -0.1) is 0 Å². The lowest BCUT2D eigenvalue weighted by molar-refractivity contribution is -0.133. The van der Waals surface area contributed by atoms with Gasteiger partial charge in [0.2, 0.25) is 11.8 Å². The maximum Gasteiger partial charge on any atom is 0.323 e. The molecule has 0 bridgehead atoms. The van der Waals surface area contributed by atoms with Gasteiger partial charge in [-0.3, -0.25) is 14.5 Å². The predicted molar refractivity (Wildman–Crippen MR) is 122 cm³/mol. The number of imidazole rings is 1. The molecule has 5 rings (SSSR count). The van der Waals surface area contributed by atoms with Gasteiger partial charge in [-0.2, -0.15) is 0 Å². The van der Waals surface area contributed by atoms with Crippen molar-refractivity contribution in [3.05, 3.63) is 64.6 Å². The smallest absolute Gasteiger partial charge is 0.323 e. The molecule has 0 aliphatic carbocycles.